The molecule has 1 unspecified atom stereocenters. The van der Waals surface area contributed by atoms with E-state index in [1.165, 1.54) is 17.4 Å². The quantitative estimate of drug-likeness (QED) is 0.196. The number of alkyl halides is 12. The van der Waals surface area contributed by atoms with Crippen LogP contribution in [-0.4, -0.2) is 35.1 Å². The molecule has 0 bridgehead atoms. The van der Waals surface area contributed by atoms with Gasteiger partial charge in [-0.05, 0) is 52.3 Å². The molecule has 3 aromatic rings. The summed E-state index contributed by atoms with van der Waals surface area (Å²) < 4.78 is 176. The summed E-state index contributed by atoms with van der Waals surface area (Å²) in [5.41, 5.74) is -15.6. The zero-order chi connectivity index (χ0) is 33.6. The van der Waals surface area contributed by atoms with Gasteiger partial charge < -0.3 is 10.6 Å². The number of anilines is 2. The van der Waals surface area contributed by atoms with Gasteiger partial charge in [-0.3, -0.25) is 9.59 Å². The van der Waals surface area contributed by atoms with Gasteiger partial charge in [0.15, 0.2) is 5.82 Å². The molecule has 1 heterocycles. The van der Waals surface area contributed by atoms with Crippen LogP contribution < -0.4 is 10.6 Å². The molecule has 0 aliphatic heterocycles. The van der Waals surface area contributed by atoms with E-state index in [0.717, 1.165) is 18.3 Å². The molecular weight excluding hydrogens is 725 g/mol. The molecule has 0 saturated carbocycles. The second-order valence-electron chi connectivity index (χ2n) is 8.55. The normalized spacial score (nSPS) is 14.2. The first-order valence-electron chi connectivity index (χ1n) is 11.1. The monoisotopic (exact) mass is 733 g/mol. The molecule has 2 aromatic carbocycles. The van der Waals surface area contributed by atoms with Crippen LogP contribution >= 0.6 is 27.5 Å². The molecule has 238 valence electrons. The molecule has 2 N–H and O–H groups in total. The Hall–Kier alpha value is -3.61. The molecular formula is C24H10BrClF13N3O2. The average molecular weight is 735 g/mol. The number of nitrogens with zero attached hydrogens (tertiary/aromatic N) is 1. The van der Waals surface area contributed by atoms with Crippen molar-refractivity contribution in [1.29, 1.82) is 0 Å². The van der Waals surface area contributed by atoms with Gasteiger partial charge in [0.2, 0.25) is 0 Å². The van der Waals surface area contributed by atoms with Crippen molar-refractivity contribution in [3.63, 3.8) is 0 Å². The number of nitrogens with one attached hydrogen (secondary N) is 2. The third kappa shape index (κ3) is 6.43. The van der Waals surface area contributed by atoms with Crippen LogP contribution in [0.5, 0.6) is 0 Å². The van der Waals surface area contributed by atoms with Crippen LogP contribution in [0.4, 0.5) is 68.5 Å². The van der Waals surface area contributed by atoms with E-state index in [2.05, 4.69) is 20.9 Å². The molecule has 0 aliphatic carbocycles. The number of carbonyl (C=O) groups excluding carboxylic acids is 2. The zero-order valence-electron chi connectivity index (χ0n) is 20.6. The molecule has 0 radical (unpaired) electrons. The van der Waals surface area contributed by atoms with Gasteiger partial charge in [-0.1, -0.05) is 17.7 Å². The standard InChI is InChI=1S/C24H10BrClF13N3O2/c25-13-7-10(20(28,23(34,35)36)22(32,33)24(37,38)39)6-12(21(29,30)31)17(13)42-19(44)11-2-1-3-14(16(11)27)41-18(43)9-4-5-15(26)40-8-9/h1-8H,(H,41,43)(H,42,44). The Balaban J connectivity index is 2.09. The maximum Gasteiger partial charge on any atom is 0.457 e. The maximum atomic E-state index is 15.1. The van der Waals surface area contributed by atoms with Gasteiger partial charge in [-0.15, -0.1) is 0 Å². The lowest BCUT2D eigenvalue weighted by Gasteiger charge is -2.36. The van der Waals surface area contributed by atoms with Crippen LogP contribution in [0.25, 0.3) is 0 Å². The largest absolute Gasteiger partial charge is 0.457 e. The summed E-state index contributed by atoms with van der Waals surface area (Å²) in [5, 5.41) is 3.48. The third-order valence-corrected chi connectivity index (χ3v) is 6.54. The Labute approximate surface area is 249 Å². The second-order valence-corrected chi connectivity index (χ2v) is 9.79. The summed E-state index contributed by atoms with van der Waals surface area (Å²) in [5.74, 6) is -11.6. The highest BCUT2D eigenvalue weighted by Gasteiger charge is 2.82. The topological polar surface area (TPSA) is 71.1 Å². The van der Waals surface area contributed by atoms with Crippen molar-refractivity contribution in [2.24, 2.45) is 0 Å². The third-order valence-electron chi connectivity index (χ3n) is 5.69. The fourth-order valence-corrected chi connectivity index (χ4v) is 4.23. The van der Waals surface area contributed by atoms with E-state index in [4.69, 9.17) is 11.6 Å². The van der Waals surface area contributed by atoms with E-state index in [-0.39, 0.29) is 10.7 Å². The highest BCUT2D eigenvalue weighted by molar-refractivity contribution is 9.10. The molecule has 1 aromatic heterocycles. The molecule has 0 fully saturated rings. The Morgan fingerprint density at radius 2 is 1.41 bits per heavy atom. The number of pyridine rings is 1. The van der Waals surface area contributed by atoms with Crippen molar-refractivity contribution in [3.05, 3.63) is 86.4 Å². The number of aromatic nitrogens is 1. The first kappa shape index (κ1) is 34.9. The summed E-state index contributed by atoms with van der Waals surface area (Å²) in [6.07, 6.45) is -19.3. The molecule has 2 amide bonds. The van der Waals surface area contributed by atoms with E-state index in [9.17, 15) is 62.3 Å². The molecule has 3 rings (SSSR count). The fourth-order valence-electron chi connectivity index (χ4n) is 3.56. The van der Waals surface area contributed by atoms with E-state index >= 15 is 4.39 Å². The molecule has 1 atom stereocenters. The lowest BCUT2D eigenvalue weighted by atomic mass is 9.86. The minimum atomic E-state index is -7.29. The van der Waals surface area contributed by atoms with Gasteiger partial charge in [-0.25, -0.2) is 13.8 Å². The number of rotatable bonds is 6. The van der Waals surface area contributed by atoms with Crippen LogP contribution in [0.15, 0.2) is 53.1 Å². The second kappa shape index (κ2) is 11.7. The van der Waals surface area contributed by atoms with Gasteiger partial charge in [0.25, 0.3) is 11.8 Å². The lowest BCUT2D eigenvalue weighted by Crippen LogP contribution is -2.59. The van der Waals surface area contributed by atoms with E-state index < -0.39 is 92.4 Å². The molecule has 0 saturated heterocycles. The first-order chi connectivity index (χ1) is 19.9. The predicted molar refractivity (Wildman–Crippen MR) is 131 cm³/mol. The Morgan fingerprint density at radius 3 is 1.91 bits per heavy atom. The summed E-state index contributed by atoms with van der Waals surface area (Å²) in [4.78, 5) is 28.7. The minimum Gasteiger partial charge on any atom is -0.320 e. The van der Waals surface area contributed by atoms with Gasteiger partial charge in [-0.2, -0.15) is 48.3 Å². The molecule has 20 heteroatoms. The van der Waals surface area contributed by atoms with Crippen LogP contribution in [0.2, 0.25) is 5.15 Å². The molecule has 0 aliphatic rings. The predicted octanol–water partition coefficient (Wildman–Crippen LogP) is 9.08. The van der Waals surface area contributed by atoms with Crippen LogP contribution in [0, 0.1) is 5.82 Å². The maximum absolute atomic E-state index is 15.1. The summed E-state index contributed by atoms with van der Waals surface area (Å²) in [6, 6.07) is 3.43. The summed E-state index contributed by atoms with van der Waals surface area (Å²) >= 11 is 7.82. The summed E-state index contributed by atoms with van der Waals surface area (Å²) in [7, 11) is 0. The highest BCUT2D eigenvalue weighted by atomic mass is 79.9. The highest BCUT2D eigenvalue weighted by Crippen LogP contribution is 2.59. The van der Waals surface area contributed by atoms with Crippen molar-refractivity contribution >= 4 is 50.7 Å². The number of carbonyl (C=O) groups is 2. The Kier molecular flexibility index (Phi) is 9.29. The van der Waals surface area contributed by atoms with E-state index in [0.29, 0.717) is 6.07 Å². The molecule has 0 spiro atoms. The fraction of sp³-hybridized carbons (Fsp3) is 0.208. The van der Waals surface area contributed by atoms with Crippen molar-refractivity contribution in [1.82, 2.24) is 4.98 Å². The molecule has 5 nitrogen and oxygen atoms in total. The van der Waals surface area contributed by atoms with Gasteiger partial charge in [0.05, 0.1) is 28.1 Å². The van der Waals surface area contributed by atoms with E-state index in [1.807, 2.05) is 5.32 Å². The number of hydrogen-bond donors (Lipinski definition) is 2. The first-order valence-corrected chi connectivity index (χ1v) is 12.2. The Bertz CT molecular complexity index is 1590. The number of benzene rings is 2. The van der Waals surface area contributed by atoms with Crippen molar-refractivity contribution in [3.8, 4) is 0 Å². The van der Waals surface area contributed by atoms with Gasteiger partial charge in [0, 0.05) is 16.2 Å². The van der Waals surface area contributed by atoms with Crippen molar-refractivity contribution in [2.75, 3.05) is 10.6 Å². The minimum absolute atomic E-state index is 0.00602. The van der Waals surface area contributed by atoms with Crippen LogP contribution in [0.1, 0.15) is 31.8 Å². The SMILES string of the molecule is O=C(Nc1cccc(C(=O)Nc2c(Br)cc(C(F)(C(F)(F)F)C(F)(F)C(F)(F)F)cc2C(F)(F)F)c1F)c1ccc(Cl)nc1. The lowest BCUT2D eigenvalue weighted by molar-refractivity contribution is -0.389. The van der Waals surface area contributed by atoms with Crippen LogP contribution in [0.3, 0.4) is 0 Å². The van der Waals surface area contributed by atoms with Crippen molar-refractivity contribution < 1.29 is 66.7 Å². The smallest absolute Gasteiger partial charge is 0.320 e. The van der Waals surface area contributed by atoms with E-state index in [1.54, 1.807) is 0 Å². The Morgan fingerprint density at radius 1 is 0.795 bits per heavy atom. The van der Waals surface area contributed by atoms with Gasteiger partial charge >= 0.3 is 30.1 Å². The van der Waals surface area contributed by atoms with Crippen LogP contribution in [-0.2, 0) is 11.8 Å². The number of amides is 2. The number of halogens is 15. The van der Waals surface area contributed by atoms with Crippen molar-refractivity contribution in [2.45, 2.75) is 30.1 Å². The number of hydrogen-bond acceptors (Lipinski definition) is 3. The molecule has 44 heavy (non-hydrogen) atoms. The zero-order valence-corrected chi connectivity index (χ0v) is 22.9. The summed E-state index contributed by atoms with van der Waals surface area (Å²) in [6.45, 7) is 0. The van der Waals surface area contributed by atoms with Gasteiger partial charge in [0.1, 0.15) is 5.15 Å². The average Bonchev–Trinajstić information content (AvgIpc) is 2.88.